The number of carbonyl (C=O) groups excluding carboxylic acids is 2. The number of rotatable bonds is 6. The van der Waals surface area contributed by atoms with Crippen molar-refractivity contribution in [2.45, 2.75) is 20.8 Å². The summed E-state index contributed by atoms with van der Waals surface area (Å²) in [7, 11) is 0. The lowest BCUT2D eigenvalue weighted by Gasteiger charge is -2.23. The summed E-state index contributed by atoms with van der Waals surface area (Å²) in [6, 6.07) is 15.0. The minimum Gasteiger partial charge on any atom is -0.462 e. The van der Waals surface area contributed by atoms with E-state index in [9.17, 15) is 9.59 Å². The average Bonchev–Trinajstić information content (AvgIpc) is 3.29. The molecule has 0 spiro atoms. The van der Waals surface area contributed by atoms with Gasteiger partial charge in [0.1, 0.15) is 5.82 Å². The van der Waals surface area contributed by atoms with E-state index < -0.39 is 0 Å². The zero-order valence-corrected chi connectivity index (χ0v) is 20.4. The Morgan fingerprint density at radius 2 is 1.70 bits per heavy atom. The maximum Gasteiger partial charge on any atom is 0.338 e. The second kappa shape index (κ2) is 9.80. The van der Waals surface area contributed by atoms with Crippen LogP contribution in [0.3, 0.4) is 0 Å². The third-order valence-corrected chi connectivity index (χ3v) is 6.77. The van der Waals surface area contributed by atoms with E-state index in [1.807, 2.05) is 54.6 Å². The number of para-hydroxylation sites is 1. The molecule has 8 heteroatoms. The van der Waals surface area contributed by atoms with Crippen LogP contribution in [0.5, 0.6) is 0 Å². The first kappa shape index (κ1) is 23.1. The van der Waals surface area contributed by atoms with Crippen LogP contribution < -0.4 is 14.7 Å². The number of benzene rings is 2. The molecular weight excluding hydrogens is 454 g/mol. The van der Waals surface area contributed by atoms with Crippen LogP contribution in [0.1, 0.15) is 31.1 Å². The minimum absolute atomic E-state index is 0.126. The van der Waals surface area contributed by atoms with Gasteiger partial charge in [-0.25, -0.2) is 4.79 Å². The highest BCUT2D eigenvalue weighted by Crippen LogP contribution is 2.42. The average molecular weight is 480 g/mol. The summed E-state index contributed by atoms with van der Waals surface area (Å²) in [5.74, 6) is 0.488. The highest BCUT2D eigenvalue weighted by atomic mass is 32.2. The summed E-state index contributed by atoms with van der Waals surface area (Å²) in [5, 5.41) is 0. The highest BCUT2D eigenvalue weighted by Gasteiger charge is 2.34. The number of nitrogens with zero attached hydrogens (tertiary/aromatic N) is 3. The van der Waals surface area contributed by atoms with Crippen molar-refractivity contribution < 1.29 is 14.3 Å². The van der Waals surface area contributed by atoms with Crippen molar-refractivity contribution >= 4 is 57.2 Å². The molecule has 1 amide bonds. The van der Waals surface area contributed by atoms with Gasteiger partial charge >= 0.3 is 5.97 Å². The largest absolute Gasteiger partial charge is 0.462 e. The van der Waals surface area contributed by atoms with Gasteiger partial charge < -0.3 is 14.5 Å². The summed E-state index contributed by atoms with van der Waals surface area (Å²) >= 11 is 6.78. The molecule has 2 aliphatic heterocycles. The Morgan fingerprint density at radius 3 is 2.36 bits per heavy atom. The van der Waals surface area contributed by atoms with Crippen molar-refractivity contribution in [1.82, 2.24) is 0 Å². The van der Waals surface area contributed by atoms with Gasteiger partial charge in [0.15, 0.2) is 4.32 Å². The van der Waals surface area contributed by atoms with Gasteiger partial charge in [-0.1, -0.05) is 42.2 Å². The fraction of sp³-hybridized carbons (Fsp3) is 0.240. The van der Waals surface area contributed by atoms with Crippen molar-refractivity contribution in [2.75, 3.05) is 34.4 Å². The fourth-order valence-electron chi connectivity index (χ4n) is 3.98. The van der Waals surface area contributed by atoms with Gasteiger partial charge in [0.25, 0.3) is 5.91 Å². The Balaban J connectivity index is 1.67. The molecule has 2 aromatic rings. The zero-order chi connectivity index (χ0) is 23.5. The summed E-state index contributed by atoms with van der Waals surface area (Å²) in [6.45, 7) is 7.71. The summed E-state index contributed by atoms with van der Waals surface area (Å²) in [6.07, 6.45) is 3.79. The first-order valence-corrected chi connectivity index (χ1v) is 12.1. The molecule has 0 bridgehead atoms. The fourth-order valence-corrected chi connectivity index (χ4v) is 5.22. The number of thiocarbonyl (C=S) groups is 1. The van der Waals surface area contributed by atoms with Crippen molar-refractivity contribution in [3.05, 3.63) is 77.0 Å². The number of hydrogen-bond donors (Lipinski definition) is 0. The minimum atomic E-state index is -0.332. The van der Waals surface area contributed by atoms with E-state index in [2.05, 4.69) is 23.6 Å². The van der Waals surface area contributed by atoms with Crippen LogP contribution in [-0.4, -0.2) is 35.9 Å². The molecule has 0 saturated carbocycles. The molecule has 2 aliphatic rings. The number of fused-ring (bicyclic) bond motifs is 1. The lowest BCUT2D eigenvalue weighted by atomic mass is 10.1. The van der Waals surface area contributed by atoms with Crippen molar-refractivity contribution in [3.8, 4) is 0 Å². The molecule has 0 radical (unpaired) electrons. The van der Waals surface area contributed by atoms with E-state index in [-0.39, 0.29) is 11.9 Å². The van der Waals surface area contributed by atoms with E-state index in [0.29, 0.717) is 27.9 Å². The van der Waals surface area contributed by atoms with E-state index in [4.69, 9.17) is 17.0 Å². The van der Waals surface area contributed by atoms with Crippen LogP contribution in [0.25, 0.3) is 0 Å². The molecule has 170 valence electrons. The first-order chi connectivity index (χ1) is 16.0. The van der Waals surface area contributed by atoms with E-state index in [1.54, 1.807) is 17.9 Å². The van der Waals surface area contributed by atoms with Crippen molar-refractivity contribution in [2.24, 2.45) is 0 Å². The molecule has 0 aromatic heterocycles. The third kappa shape index (κ3) is 4.28. The molecule has 2 heterocycles. The Bertz CT molecular complexity index is 1160. The molecule has 1 fully saturated rings. The lowest BCUT2D eigenvalue weighted by molar-refractivity contribution is -0.113. The number of carbonyl (C=O) groups is 2. The van der Waals surface area contributed by atoms with Crippen LogP contribution in [0.4, 0.5) is 17.1 Å². The smallest absolute Gasteiger partial charge is 0.338 e. The molecule has 0 aliphatic carbocycles. The Morgan fingerprint density at radius 1 is 1.00 bits per heavy atom. The predicted octanol–water partition coefficient (Wildman–Crippen LogP) is 5.32. The second-order valence-electron chi connectivity index (χ2n) is 7.31. The molecule has 0 atom stereocenters. The number of esters is 1. The van der Waals surface area contributed by atoms with Crippen LogP contribution in [0.15, 0.2) is 71.4 Å². The van der Waals surface area contributed by atoms with Crippen LogP contribution >= 0.6 is 24.0 Å². The van der Waals surface area contributed by atoms with Gasteiger partial charge in [-0.05, 0) is 63.3 Å². The number of anilines is 3. The van der Waals surface area contributed by atoms with Crippen LogP contribution in [0.2, 0.25) is 0 Å². The van der Waals surface area contributed by atoms with Crippen LogP contribution in [0, 0.1) is 0 Å². The second-order valence-corrected chi connectivity index (χ2v) is 8.99. The van der Waals surface area contributed by atoms with Gasteiger partial charge in [0.05, 0.1) is 34.1 Å². The SMILES string of the molecule is CCOC(=O)c1ccc2c(c1)N(CC)C(=CC=C1SC(=S)N(c3ccccc3)C1=O)N2CC. The van der Waals surface area contributed by atoms with E-state index in [1.165, 1.54) is 11.8 Å². The van der Waals surface area contributed by atoms with E-state index in [0.717, 1.165) is 29.4 Å². The molecular formula is C25H25N3O3S2. The molecule has 0 unspecified atom stereocenters. The normalized spacial score (nSPS) is 18.0. The molecule has 4 rings (SSSR count). The molecule has 33 heavy (non-hydrogen) atoms. The van der Waals surface area contributed by atoms with Crippen molar-refractivity contribution in [3.63, 3.8) is 0 Å². The summed E-state index contributed by atoms with van der Waals surface area (Å²) < 4.78 is 5.69. The summed E-state index contributed by atoms with van der Waals surface area (Å²) in [4.78, 5) is 31.8. The lowest BCUT2D eigenvalue weighted by Crippen LogP contribution is -2.28. The van der Waals surface area contributed by atoms with E-state index >= 15 is 0 Å². The molecule has 1 saturated heterocycles. The monoisotopic (exact) mass is 479 g/mol. The molecule has 0 N–H and O–H groups in total. The maximum atomic E-state index is 13.1. The molecule has 2 aromatic carbocycles. The first-order valence-electron chi connectivity index (χ1n) is 10.9. The topological polar surface area (TPSA) is 53.1 Å². The number of allylic oxidation sites excluding steroid dienone is 2. The highest BCUT2D eigenvalue weighted by molar-refractivity contribution is 8.27. The molecule has 6 nitrogen and oxygen atoms in total. The van der Waals surface area contributed by atoms with Gasteiger partial charge in [-0.3, -0.25) is 9.69 Å². The Kier molecular flexibility index (Phi) is 6.85. The standard InChI is InChI=1S/C25H25N3O3S2/c1-4-26-19-13-12-17(24(30)31-6-3)16-20(19)27(5-2)22(26)15-14-21-23(29)28(25(32)33-21)18-10-8-7-9-11-18/h7-16H,4-6H2,1-3H3. The Hall–Kier alpha value is -3.10. The van der Waals surface area contributed by atoms with Gasteiger partial charge in [0.2, 0.25) is 0 Å². The van der Waals surface area contributed by atoms with Crippen molar-refractivity contribution in [1.29, 1.82) is 0 Å². The zero-order valence-electron chi connectivity index (χ0n) is 18.8. The van der Waals surface area contributed by atoms with Crippen LogP contribution in [-0.2, 0) is 9.53 Å². The summed E-state index contributed by atoms with van der Waals surface area (Å²) in [5.41, 5.74) is 3.25. The van der Waals surface area contributed by atoms with Gasteiger partial charge in [-0.2, -0.15) is 0 Å². The maximum absolute atomic E-state index is 13.1. The number of thioether (sulfide) groups is 1. The van der Waals surface area contributed by atoms with Gasteiger partial charge in [-0.15, -0.1) is 0 Å². The predicted molar refractivity (Wildman–Crippen MR) is 139 cm³/mol. The third-order valence-electron chi connectivity index (χ3n) is 5.45. The number of amides is 1. The number of hydrogen-bond acceptors (Lipinski definition) is 7. The quantitative estimate of drug-likeness (QED) is 0.316. The number of ether oxygens (including phenoxy) is 1. The van der Waals surface area contributed by atoms with Gasteiger partial charge in [0, 0.05) is 13.1 Å². The Labute approximate surface area is 203 Å².